The molecule has 3 nitrogen and oxygen atoms in total. The van der Waals surface area contributed by atoms with Crippen LogP contribution in [0.4, 0.5) is 10.1 Å². The van der Waals surface area contributed by atoms with E-state index in [2.05, 4.69) is 62.8 Å². The van der Waals surface area contributed by atoms with Crippen LogP contribution in [0.15, 0.2) is 94.2 Å². The minimum atomic E-state index is -0.252. The molecule has 3 N–H and O–H groups in total. The lowest BCUT2D eigenvalue weighted by molar-refractivity contribution is 0.360. The number of nitrogens with zero attached hydrogens (tertiary/aromatic N) is 1. The summed E-state index contributed by atoms with van der Waals surface area (Å²) < 4.78 is 14.2. The number of hydrogen-bond donors (Lipinski definition) is 2. The predicted octanol–water partition coefficient (Wildman–Crippen LogP) is 8.58. The number of rotatable bonds is 8. The van der Waals surface area contributed by atoms with Gasteiger partial charge in [0.2, 0.25) is 0 Å². The molecule has 0 saturated heterocycles. The van der Waals surface area contributed by atoms with E-state index in [0.29, 0.717) is 16.9 Å². The molecule has 0 aliphatic heterocycles. The molecule has 0 aromatic heterocycles. The van der Waals surface area contributed by atoms with Gasteiger partial charge in [0.25, 0.3) is 0 Å². The van der Waals surface area contributed by atoms with E-state index in [0.717, 1.165) is 24.0 Å². The summed E-state index contributed by atoms with van der Waals surface area (Å²) in [7, 11) is 0. The fourth-order valence-corrected chi connectivity index (χ4v) is 4.11. The lowest BCUT2D eigenvalue weighted by Crippen LogP contribution is -2.26. The van der Waals surface area contributed by atoms with E-state index in [9.17, 15) is 4.39 Å². The minimum Gasteiger partial charge on any atom is -0.390 e. The number of hydrogen-bond acceptors (Lipinski definition) is 2. The van der Waals surface area contributed by atoms with E-state index in [4.69, 9.17) is 5.73 Å². The van der Waals surface area contributed by atoms with Crippen LogP contribution in [0.5, 0.6) is 0 Å². The number of aryl methyl sites for hydroxylation is 1. The number of benzene rings is 1. The van der Waals surface area contributed by atoms with E-state index >= 15 is 0 Å². The van der Waals surface area contributed by atoms with Crippen LogP contribution in [0, 0.1) is 18.2 Å². The predicted molar refractivity (Wildman–Crippen MR) is 153 cm³/mol. The number of allylic oxidation sites excluding steroid dienone is 9. The molecule has 0 heterocycles. The van der Waals surface area contributed by atoms with Crippen LogP contribution < -0.4 is 11.1 Å². The second-order valence-electron chi connectivity index (χ2n) is 9.41. The third-order valence-corrected chi connectivity index (χ3v) is 6.08. The molecule has 0 saturated carbocycles. The Balaban J connectivity index is 0.00000298. The summed E-state index contributed by atoms with van der Waals surface area (Å²) in [6.07, 6.45) is 15.9. The van der Waals surface area contributed by atoms with Gasteiger partial charge in [0.05, 0.1) is 18.1 Å². The first-order chi connectivity index (χ1) is 16.5. The van der Waals surface area contributed by atoms with Gasteiger partial charge in [-0.2, -0.15) is 0 Å². The third kappa shape index (κ3) is 9.20. The van der Waals surface area contributed by atoms with Gasteiger partial charge in [0, 0.05) is 5.70 Å². The van der Waals surface area contributed by atoms with Crippen molar-refractivity contribution in [2.45, 2.75) is 74.3 Å². The molecule has 0 radical (unpaired) electrons. The zero-order valence-electron chi connectivity index (χ0n) is 22.9. The molecule has 1 atom stereocenters. The summed E-state index contributed by atoms with van der Waals surface area (Å²) in [4.78, 5) is 4.43. The first-order valence-electron chi connectivity index (χ1n) is 12.4. The molecule has 1 aliphatic rings. The lowest BCUT2D eigenvalue weighted by Gasteiger charge is -2.36. The Bertz CT molecular complexity index is 1050. The van der Waals surface area contributed by atoms with E-state index < -0.39 is 0 Å². The van der Waals surface area contributed by atoms with Gasteiger partial charge in [-0.25, -0.2) is 4.39 Å². The van der Waals surface area contributed by atoms with Gasteiger partial charge < -0.3 is 11.1 Å². The van der Waals surface area contributed by atoms with Crippen molar-refractivity contribution in [2.75, 3.05) is 5.32 Å². The average Bonchev–Trinajstić information content (AvgIpc) is 2.80. The van der Waals surface area contributed by atoms with E-state index in [1.54, 1.807) is 19.1 Å². The first-order valence-corrected chi connectivity index (χ1v) is 12.4. The van der Waals surface area contributed by atoms with Crippen LogP contribution >= 0.6 is 0 Å². The maximum Gasteiger partial charge on any atom is 0.149 e. The van der Waals surface area contributed by atoms with Gasteiger partial charge in [0.15, 0.2) is 0 Å². The maximum atomic E-state index is 14.2. The van der Waals surface area contributed by atoms with Crippen LogP contribution in [0.25, 0.3) is 0 Å². The third-order valence-electron chi connectivity index (χ3n) is 6.08. The van der Waals surface area contributed by atoms with Crippen molar-refractivity contribution in [3.05, 3.63) is 101 Å². The van der Waals surface area contributed by atoms with E-state index in [-0.39, 0.29) is 17.3 Å². The quantitative estimate of drug-likeness (QED) is 0.224. The van der Waals surface area contributed by atoms with Gasteiger partial charge in [-0.15, -0.1) is 0 Å². The van der Waals surface area contributed by atoms with Gasteiger partial charge in [-0.05, 0) is 80.4 Å². The molecular formula is C31H44FN3. The monoisotopic (exact) mass is 477 g/mol. The fourth-order valence-electron chi connectivity index (χ4n) is 4.11. The number of anilines is 1. The fraction of sp³-hybridized carbons (Fsp3) is 0.387. The Labute approximate surface area is 212 Å². The Morgan fingerprint density at radius 1 is 1.17 bits per heavy atom. The van der Waals surface area contributed by atoms with E-state index in [1.807, 2.05) is 45.1 Å². The van der Waals surface area contributed by atoms with Crippen molar-refractivity contribution in [3.8, 4) is 0 Å². The number of nitrogens with two attached hydrogens (primary N) is 1. The number of nitrogens with one attached hydrogen (secondary N) is 1. The Morgan fingerprint density at radius 2 is 1.86 bits per heavy atom. The maximum absolute atomic E-state index is 14.2. The zero-order valence-corrected chi connectivity index (χ0v) is 22.9. The van der Waals surface area contributed by atoms with Crippen LogP contribution in [0.3, 0.4) is 0 Å². The van der Waals surface area contributed by atoms with Crippen LogP contribution in [-0.4, -0.2) is 12.4 Å². The largest absolute Gasteiger partial charge is 0.390 e. The normalized spacial score (nSPS) is 18.8. The van der Waals surface area contributed by atoms with E-state index in [1.165, 1.54) is 17.5 Å². The molecule has 1 aromatic carbocycles. The minimum absolute atomic E-state index is 0.126. The van der Waals surface area contributed by atoms with Crippen molar-refractivity contribution in [1.29, 1.82) is 0 Å². The summed E-state index contributed by atoms with van der Waals surface area (Å²) in [6, 6.07) is 5.45. The Morgan fingerprint density at radius 3 is 2.51 bits per heavy atom. The molecule has 1 unspecified atom stereocenters. The lowest BCUT2D eigenvalue weighted by atomic mass is 9.71. The van der Waals surface area contributed by atoms with Crippen molar-refractivity contribution in [1.82, 2.24) is 0 Å². The molecule has 4 heteroatoms. The molecule has 1 aliphatic carbocycles. The highest BCUT2D eigenvalue weighted by Gasteiger charge is 2.31. The molecule has 190 valence electrons. The van der Waals surface area contributed by atoms with Crippen molar-refractivity contribution in [2.24, 2.45) is 16.1 Å². The molecular weight excluding hydrogens is 433 g/mol. The number of aliphatic imine (C=N–C) groups is 1. The second kappa shape index (κ2) is 14.3. The van der Waals surface area contributed by atoms with Crippen molar-refractivity contribution >= 4 is 12.0 Å². The highest BCUT2D eigenvalue weighted by molar-refractivity contribution is 5.54. The van der Waals surface area contributed by atoms with Gasteiger partial charge in [-0.1, -0.05) is 82.4 Å². The zero-order chi connectivity index (χ0) is 26.6. The molecule has 35 heavy (non-hydrogen) atoms. The SMILES string of the molecule is C=C(/C=C(C)/C=C/C=C(C)/C=C/C1=C(C)C(N=CN)CCC1(C)C)Nc1cccc(C)c1F.CC. The topological polar surface area (TPSA) is 50.4 Å². The second-order valence-corrected chi connectivity index (χ2v) is 9.41. The van der Waals surface area contributed by atoms with Crippen LogP contribution in [0.2, 0.25) is 0 Å². The van der Waals surface area contributed by atoms with Gasteiger partial charge in [0.1, 0.15) is 5.82 Å². The number of halogens is 1. The first kappa shape index (κ1) is 29.9. The molecule has 1 aromatic rings. The molecule has 0 spiro atoms. The van der Waals surface area contributed by atoms with Crippen LogP contribution in [-0.2, 0) is 0 Å². The summed E-state index contributed by atoms with van der Waals surface area (Å²) in [5, 5.41) is 3.03. The Hall–Kier alpha value is -3.14. The van der Waals surface area contributed by atoms with Crippen LogP contribution in [0.1, 0.15) is 66.9 Å². The summed E-state index contributed by atoms with van der Waals surface area (Å²) in [6.45, 7) is 20.5. The summed E-state index contributed by atoms with van der Waals surface area (Å²) >= 11 is 0. The highest BCUT2D eigenvalue weighted by atomic mass is 19.1. The van der Waals surface area contributed by atoms with Gasteiger partial charge in [-0.3, -0.25) is 4.99 Å². The average molecular weight is 478 g/mol. The van der Waals surface area contributed by atoms with Crippen molar-refractivity contribution in [3.63, 3.8) is 0 Å². The summed E-state index contributed by atoms with van der Waals surface area (Å²) in [5.74, 6) is -0.252. The molecule has 2 rings (SSSR count). The highest BCUT2D eigenvalue weighted by Crippen LogP contribution is 2.42. The molecule has 0 amide bonds. The standard InChI is InChI=1S/C29H38FN3.C2H6/c1-20(14-15-25-24(5)26(32-19-31)16-17-29(25,6)7)10-8-11-21(2)18-23(4)33-27-13-9-12-22(3)28(27)30;1-2/h8-15,18-19,26,33H,4,16-17H2,1-3,5-7H3,(H2,31,32);1-2H3/b11-8+,15-14+,20-10+,21-18+;. The van der Waals surface area contributed by atoms with Gasteiger partial charge >= 0.3 is 0 Å². The molecule has 0 bridgehead atoms. The molecule has 0 fully saturated rings. The summed E-state index contributed by atoms with van der Waals surface area (Å²) in [5.41, 5.74) is 12.1. The smallest absolute Gasteiger partial charge is 0.149 e. The Kier molecular flexibility index (Phi) is 12.2. The van der Waals surface area contributed by atoms with Crippen molar-refractivity contribution < 1.29 is 4.39 Å².